The topological polar surface area (TPSA) is 64.0 Å². The van der Waals surface area contributed by atoms with E-state index in [1.165, 1.54) is 6.07 Å². The highest BCUT2D eigenvalue weighted by atomic mass is 19.1. The number of rotatable bonds is 2. The maximum atomic E-state index is 13.8. The van der Waals surface area contributed by atoms with E-state index < -0.39 is 29.1 Å². The SMILES string of the molecule is O=C1CCn2c(nc3ccccc32)C1C(=O)Nc1c(F)cccc1F. The van der Waals surface area contributed by atoms with E-state index in [4.69, 9.17) is 0 Å². The summed E-state index contributed by atoms with van der Waals surface area (Å²) >= 11 is 0. The zero-order chi connectivity index (χ0) is 17.6. The number of aromatic nitrogens is 2. The largest absolute Gasteiger partial charge is 0.326 e. The van der Waals surface area contributed by atoms with Crippen molar-refractivity contribution in [2.45, 2.75) is 18.9 Å². The molecule has 2 aromatic carbocycles. The monoisotopic (exact) mass is 341 g/mol. The minimum atomic E-state index is -1.19. The first-order valence-electron chi connectivity index (χ1n) is 7.79. The maximum Gasteiger partial charge on any atom is 0.242 e. The summed E-state index contributed by atoms with van der Waals surface area (Å²) in [5.41, 5.74) is 0.926. The Kier molecular flexibility index (Phi) is 3.56. The van der Waals surface area contributed by atoms with Gasteiger partial charge in [-0.05, 0) is 24.3 Å². The predicted molar refractivity (Wildman–Crippen MR) is 87.1 cm³/mol. The summed E-state index contributed by atoms with van der Waals surface area (Å²) in [6, 6.07) is 10.6. The third-order valence-corrected chi connectivity index (χ3v) is 4.32. The van der Waals surface area contributed by atoms with Crippen LogP contribution < -0.4 is 5.32 Å². The van der Waals surface area contributed by atoms with Gasteiger partial charge >= 0.3 is 0 Å². The van der Waals surface area contributed by atoms with E-state index in [9.17, 15) is 18.4 Å². The fourth-order valence-corrected chi connectivity index (χ4v) is 3.14. The van der Waals surface area contributed by atoms with Crippen molar-refractivity contribution in [3.8, 4) is 0 Å². The molecule has 4 rings (SSSR count). The molecular weight excluding hydrogens is 328 g/mol. The summed E-state index contributed by atoms with van der Waals surface area (Å²) in [5.74, 6) is -3.80. The zero-order valence-electron chi connectivity index (χ0n) is 13.0. The molecule has 0 spiro atoms. The lowest BCUT2D eigenvalue weighted by Gasteiger charge is -2.22. The van der Waals surface area contributed by atoms with Crippen LogP contribution in [0.2, 0.25) is 0 Å². The highest BCUT2D eigenvalue weighted by Gasteiger charge is 2.37. The van der Waals surface area contributed by atoms with Gasteiger partial charge in [-0.1, -0.05) is 18.2 Å². The number of carbonyl (C=O) groups excluding carboxylic acids is 2. The smallest absolute Gasteiger partial charge is 0.242 e. The Hall–Kier alpha value is -3.09. The second-order valence-electron chi connectivity index (χ2n) is 5.85. The number of aryl methyl sites for hydroxylation is 1. The number of anilines is 1. The van der Waals surface area contributed by atoms with E-state index in [1.807, 2.05) is 18.2 Å². The Morgan fingerprint density at radius 3 is 2.60 bits per heavy atom. The summed E-state index contributed by atoms with van der Waals surface area (Å²) in [4.78, 5) is 29.3. The summed E-state index contributed by atoms with van der Waals surface area (Å²) in [6.07, 6.45) is 0.158. The van der Waals surface area contributed by atoms with E-state index in [1.54, 1.807) is 10.6 Å². The zero-order valence-corrected chi connectivity index (χ0v) is 13.0. The van der Waals surface area contributed by atoms with Crippen molar-refractivity contribution in [2.75, 3.05) is 5.32 Å². The molecule has 1 N–H and O–H groups in total. The summed E-state index contributed by atoms with van der Waals surface area (Å²) in [5, 5.41) is 2.20. The lowest BCUT2D eigenvalue weighted by atomic mass is 9.96. The normalized spacial score (nSPS) is 16.7. The van der Waals surface area contributed by atoms with Crippen molar-refractivity contribution in [3.05, 3.63) is 59.9 Å². The third kappa shape index (κ3) is 2.48. The van der Waals surface area contributed by atoms with Crippen LogP contribution in [0.3, 0.4) is 0 Å². The van der Waals surface area contributed by atoms with Crippen LogP contribution in [-0.2, 0) is 16.1 Å². The van der Waals surface area contributed by atoms with Gasteiger partial charge in [0.15, 0.2) is 11.7 Å². The fourth-order valence-electron chi connectivity index (χ4n) is 3.14. The second kappa shape index (κ2) is 5.77. The molecule has 0 bridgehead atoms. The number of amides is 1. The van der Waals surface area contributed by atoms with Gasteiger partial charge in [0.2, 0.25) is 5.91 Å². The standard InChI is InChI=1S/C18H13F2N3O2/c19-10-4-3-5-11(20)16(10)22-18(25)15-14(24)8-9-23-13-7-2-1-6-12(13)21-17(15)23/h1-7,15H,8-9H2,(H,22,25). The highest BCUT2D eigenvalue weighted by Crippen LogP contribution is 2.30. The Morgan fingerprint density at radius 2 is 1.84 bits per heavy atom. The molecule has 0 saturated heterocycles. The quantitative estimate of drug-likeness (QED) is 0.729. The third-order valence-electron chi connectivity index (χ3n) is 4.32. The Balaban J connectivity index is 1.75. The number of para-hydroxylation sites is 3. The molecule has 1 unspecified atom stereocenters. The van der Waals surface area contributed by atoms with E-state index in [2.05, 4.69) is 10.3 Å². The number of imidazole rings is 1. The molecule has 0 radical (unpaired) electrons. The van der Waals surface area contributed by atoms with Gasteiger partial charge in [-0.2, -0.15) is 0 Å². The molecule has 126 valence electrons. The first kappa shape index (κ1) is 15.4. The lowest BCUT2D eigenvalue weighted by Crippen LogP contribution is -2.34. The van der Waals surface area contributed by atoms with Crippen LogP contribution in [0.5, 0.6) is 0 Å². The number of nitrogens with one attached hydrogen (secondary N) is 1. The maximum absolute atomic E-state index is 13.8. The van der Waals surface area contributed by atoms with Gasteiger partial charge in [-0.25, -0.2) is 13.8 Å². The minimum Gasteiger partial charge on any atom is -0.326 e. The number of hydrogen-bond donors (Lipinski definition) is 1. The molecule has 0 fully saturated rings. The Morgan fingerprint density at radius 1 is 1.12 bits per heavy atom. The molecule has 3 aromatic rings. The predicted octanol–water partition coefficient (Wildman–Crippen LogP) is 3.01. The van der Waals surface area contributed by atoms with Crippen molar-refractivity contribution in [1.82, 2.24) is 9.55 Å². The van der Waals surface area contributed by atoms with Crippen LogP contribution in [0.15, 0.2) is 42.5 Å². The van der Waals surface area contributed by atoms with E-state index in [0.717, 1.165) is 17.6 Å². The molecule has 7 heteroatoms. The van der Waals surface area contributed by atoms with Gasteiger partial charge in [0, 0.05) is 13.0 Å². The van der Waals surface area contributed by atoms with Gasteiger partial charge in [-0.15, -0.1) is 0 Å². The summed E-state index contributed by atoms with van der Waals surface area (Å²) in [7, 11) is 0. The molecule has 1 aliphatic rings. The molecule has 25 heavy (non-hydrogen) atoms. The highest BCUT2D eigenvalue weighted by molar-refractivity contribution is 6.12. The fraction of sp³-hybridized carbons (Fsp3) is 0.167. The van der Waals surface area contributed by atoms with E-state index in [-0.39, 0.29) is 12.2 Å². The van der Waals surface area contributed by atoms with Crippen LogP contribution in [-0.4, -0.2) is 21.2 Å². The van der Waals surface area contributed by atoms with E-state index in [0.29, 0.717) is 17.9 Å². The molecule has 1 amide bonds. The van der Waals surface area contributed by atoms with Crippen LogP contribution in [0.1, 0.15) is 18.2 Å². The number of benzene rings is 2. The Bertz CT molecular complexity index is 992. The van der Waals surface area contributed by atoms with Crippen molar-refractivity contribution in [2.24, 2.45) is 0 Å². The molecule has 0 aliphatic carbocycles. The van der Waals surface area contributed by atoms with Crippen LogP contribution >= 0.6 is 0 Å². The van der Waals surface area contributed by atoms with Crippen LogP contribution in [0.4, 0.5) is 14.5 Å². The first-order valence-corrected chi connectivity index (χ1v) is 7.79. The first-order chi connectivity index (χ1) is 12.1. The molecule has 1 aromatic heterocycles. The molecule has 5 nitrogen and oxygen atoms in total. The van der Waals surface area contributed by atoms with Gasteiger partial charge in [0.25, 0.3) is 0 Å². The second-order valence-corrected chi connectivity index (χ2v) is 5.85. The number of nitrogens with zero attached hydrogens (tertiary/aromatic N) is 2. The summed E-state index contributed by atoms with van der Waals surface area (Å²) < 4.78 is 29.4. The average molecular weight is 341 g/mol. The Labute approximate surface area is 141 Å². The lowest BCUT2D eigenvalue weighted by molar-refractivity contribution is -0.128. The number of carbonyl (C=O) groups is 2. The van der Waals surface area contributed by atoms with Gasteiger partial charge in [0.1, 0.15) is 23.1 Å². The van der Waals surface area contributed by atoms with Crippen molar-refractivity contribution in [3.63, 3.8) is 0 Å². The summed E-state index contributed by atoms with van der Waals surface area (Å²) in [6.45, 7) is 0.423. The van der Waals surface area contributed by atoms with Gasteiger partial charge in [-0.3, -0.25) is 9.59 Å². The number of ketones is 1. The van der Waals surface area contributed by atoms with E-state index >= 15 is 0 Å². The average Bonchev–Trinajstić information content (AvgIpc) is 2.96. The molecule has 2 heterocycles. The number of fused-ring (bicyclic) bond motifs is 3. The molecular formula is C18H13F2N3O2. The minimum absolute atomic E-state index is 0.158. The van der Waals surface area contributed by atoms with Gasteiger partial charge < -0.3 is 9.88 Å². The van der Waals surface area contributed by atoms with Crippen molar-refractivity contribution >= 4 is 28.4 Å². The molecule has 0 saturated carbocycles. The van der Waals surface area contributed by atoms with Crippen LogP contribution in [0, 0.1) is 11.6 Å². The van der Waals surface area contributed by atoms with Crippen molar-refractivity contribution < 1.29 is 18.4 Å². The van der Waals surface area contributed by atoms with Gasteiger partial charge in [0.05, 0.1) is 11.0 Å². The number of Topliss-reactive ketones (excluding diaryl/α,β-unsaturated/α-hetero) is 1. The molecule has 1 atom stereocenters. The number of halogens is 2. The van der Waals surface area contributed by atoms with Crippen LogP contribution in [0.25, 0.3) is 11.0 Å². The van der Waals surface area contributed by atoms with Crippen molar-refractivity contribution in [1.29, 1.82) is 0 Å². The number of hydrogen-bond acceptors (Lipinski definition) is 3. The molecule has 1 aliphatic heterocycles.